The summed E-state index contributed by atoms with van der Waals surface area (Å²) in [4.78, 5) is 12.0. The Morgan fingerprint density at radius 1 is 1.27 bits per heavy atom. The molecule has 2 aromatic heterocycles. The number of hydrogen-bond acceptors (Lipinski definition) is 4. The number of fused-ring (bicyclic) bond motifs is 1. The number of nitrogens with one attached hydrogen (secondary N) is 1. The molecule has 0 aliphatic carbocycles. The van der Waals surface area contributed by atoms with Crippen molar-refractivity contribution < 1.29 is 0 Å². The van der Waals surface area contributed by atoms with Gasteiger partial charge in [0, 0.05) is 19.2 Å². The molecule has 118 valence electrons. The third kappa shape index (κ3) is 2.63. The van der Waals surface area contributed by atoms with E-state index in [1.165, 1.54) is 31.6 Å². The number of likely N-dealkylation sites (tertiary alicyclic amines) is 1. The van der Waals surface area contributed by atoms with E-state index in [9.17, 15) is 0 Å². The van der Waals surface area contributed by atoms with E-state index in [1.807, 2.05) is 12.3 Å². The maximum Gasteiger partial charge on any atom is 0.160 e. The lowest BCUT2D eigenvalue weighted by molar-refractivity contribution is 0.354. The molecule has 1 atom stereocenters. The van der Waals surface area contributed by atoms with E-state index < -0.39 is 0 Å². The molecule has 2 fully saturated rings. The SMILES string of the molecule is CN1CCC(n2c(CC3CCNCC3)nc3cccnc32)C1. The van der Waals surface area contributed by atoms with Crippen LogP contribution in [0.15, 0.2) is 18.3 Å². The molecule has 2 aliphatic rings. The third-order valence-corrected chi connectivity index (χ3v) is 5.18. The average molecular weight is 299 g/mol. The second-order valence-corrected chi connectivity index (χ2v) is 6.85. The Morgan fingerprint density at radius 3 is 2.91 bits per heavy atom. The average Bonchev–Trinajstić information content (AvgIpc) is 3.11. The largest absolute Gasteiger partial charge is 0.317 e. The van der Waals surface area contributed by atoms with Crippen molar-refractivity contribution in [2.45, 2.75) is 31.7 Å². The lowest BCUT2D eigenvalue weighted by atomic mass is 9.94. The van der Waals surface area contributed by atoms with Gasteiger partial charge in [-0.15, -0.1) is 0 Å². The summed E-state index contributed by atoms with van der Waals surface area (Å²) < 4.78 is 2.45. The highest BCUT2D eigenvalue weighted by atomic mass is 15.2. The van der Waals surface area contributed by atoms with E-state index in [0.29, 0.717) is 6.04 Å². The molecule has 0 radical (unpaired) electrons. The van der Waals surface area contributed by atoms with Gasteiger partial charge >= 0.3 is 0 Å². The predicted molar refractivity (Wildman–Crippen MR) is 88.0 cm³/mol. The zero-order valence-corrected chi connectivity index (χ0v) is 13.3. The minimum atomic E-state index is 0.529. The molecule has 1 N–H and O–H groups in total. The summed E-state index contributed by atoms with van der Waals surface area (Å²) in [6.07, 6.45) is 6.73. The zero-order valence-electron chi connectivity index (χ0n) is 13.3. The fourth-order valence-electron chi connectivity index (χ4n) is 3.97. The predicted octanol–water partition coefficient (Wildman–Crippen LogP) is 1.85. The molecule has 2 aliphatic heterocycles. The summed E-state index contributed by atoms with van der Waals surface area (Å²) >= 11 is 0. The van der Waals surface area contributed by atoms with Gasteiger partial charge in [0.2, 0.25) is 0 Å². The number of likely N-dealkylation sites (N-methyl/N-ethyl adjacent to an activating group) is 1. The number of piperidine rings is 1. The smallest absolute Gasteiger partial charge is 0.160 e. The molecule has 22 heavy (non-hydrogen) atoms. The van der Waals surface area contributed by atoms with Crippen LogP contribution >= 0.6 is 0 Å². The van der Waals surface area contributed by atoms with Crippen molar-refractivity contribution in [2.24, 2.45) is 5.92 Å². The number of nitrogens with zero attached hydrogens (tertiary/aromatic N) is 4. The summed E-state index contributed by atoms with van der Waals surface area (Å²) in [7, 11) is 2.21. The summed E-state index contributed by atoms with van der Waals surface area (Å²) in [5.41, 5.74) is 2.13. The second-order valence-electron chi connectivity index (χ2n) is 6.85. The number of imidazole rings is 1. The first-order chi connectivity index (χ1) is 10.8. The van der Waals surface area contributed by atoms with Gasteiger partial charge in [-0.1, -0.05) is 0 Å². The monoisotopic (exact) mass is 299 g/mol. The number of hydrogen-bond donors (Lipinski definition) is 1. The summed E-state index contributed by atoms with van der Waals surface area (Å²) in [5.74, 6) is 2.01. The van der Waals surface area contributed by atoms with Crippen molar-refractivity contribution >= 4 is 11.2 Å². The lowest BCUT2D eigenvalue weighted by Crippen LogP contribution is -2.29. The number of aromatic nitrogens is 3. The van der Waals surface area contributed by atoms with Gasteiger partial charge in [-0.25, -0.2) is 9.97 Å². The normalized spacial score (nSPS) is 24.3. The van der Waals surface area contributed by atoms with Crippen molar-refractivity contribution in [1.29, 1.82) is 0 Å². The highest BCUT2D eigenvalue weighted by Gasteiger charge is 2.27. The topological polar surface area (TPSA) is 46.0 Å². The first kappa shape index (κ1) is 14.2. The summed E-state index contributed by atoms with van der Waals surface area (Å²) in [6, 6.07) is 4.62. The Bertz CT molecular complexity index is 644. The standard InChI is InChI=1S/C17H25N5/c1-21-10-6-14(12-21)22-16(11-13-4-8-18-9-5-13)20-15-3-2-7-19-17(15)22/h2-3,7,13-14,18H,4-6,8-12H2,1H3. The summed E-state index contributed by atoms with van der Waals surface area (Å²) in [5, 5.41) is 3.46. The Morgan fingerprint density at radius 2 is 2.14 bits per heavy atom. The molecule has 0 saturated carbocycles. The molecule has 4 heterocycles. The van der Waals surface area contributed by atoms with Crippen LogP contribution in [0.5, 0.6) is 0 Å². The van der Waals surface area contributed by atoms with Crippen molar-refractivity contribution in [3.05, 3.63) is 24.2 Å². The van der Waals surface area contributed by atoms with Gasteiger partial charge in [0.25, 0.3) is 0 Å². The lowest BCUT2D eigenvalue weighted by Gasteiger charge is -2.23. The Balaban J connectivity index is 1.69. The third-order valence-electron chi connectivity index (χ3n) is 5.18. The van der Waals surface area contributed by atoms with Crippen LogP contribution in [0, 0.1) is 5.92 Å². The Hall–Kier alpha value is -1.46. The molecule has 2 saturated heterocycles. The van der Waals surface area contributed by atoms with Crippen LogP contribution in [0.3, 0.4) is 0 Å². The van der Waals surface area contributed by atoms with Gasteiger partial charge in [-0.05, 0) is 64.0 Å². The van der Waals surface area contributed by atoms with E-state index in [2.05, 4.69) is 32.9 Å². The molecule has 0 spiro atoms. The molecular weight excluding hydrogens is 274 g/mol. The van der Waals surface area contributed by atoms with Crippen LogP contribution in [0.25, 0.3) is 11.2 Å². The van der Waals surface area contributed by atoms with Crippen LogP contribution in [-0.4, -0.2) is 52.7 Å². The van der Waals surface area contributed by atoms with E-state index in [0.717, 1.165) is 43.1 Å². The number of rotatable bonds is 3. The Labute approximate surface area is 131 Å². The maximum atomic E-state index is 4.94. The van der Waals surface area contributed by atoms with Gasteiger partial charge in [0.15, 0.2) is 5.65 Å². The minimum Gasteiger partial charge on any atom is -0.317 e. The van der Waals surface area contributed by atoms with Crippen molar-refractivity contribution in [3.63, 3.8) is 0 Å². The molecule has 0 aromatic carbocycles. The second kappa shape index (κ2) is 5.97. The van der Waals surface area contributed by atoms with Gasteiger partial charge < -0.3 is 14.8 Å². The Kier molecular flexibility index (Phi) is 3.84. The van der Waals surface area contributed by atoms with Crippen LogP contribution in [0.4, 0.5) is 0 Å². The van der Waals surface area contributed by atoms with E-state index in [-0.39, 0.29) is 0 Å². The quantitative estimate of drug-likeness (QED) is 0.939. The van der Waals surface area contributed by atoms with Crippen molar-refractivity contribution in [2.75, 3.05) is 33.2 Å². The molecule has 4 rings (SSSR count). The van der Waals surface area contributed by atoms with Crippen LogP contribution in [0.2, 0.25) is 0 Å². The summed E-state index contributed by atoms with van der Waals surface area (Å²) in [6.45, 7) is 4.58. The zero-order chi connectivity index (χ0) is 14.9. The van der Waals surface area contributed by atoms with Crippen LogP contribution in [-0.2, 0) is 6.42 Å². The molecule has 5 heteroatoms. The highest BCUT2D eigenvalue weighted by Crippen LogP contribution is 2.28. The van der Waals surface area contributed by atoms with Gasteiger partial charge in [0.05, 0.1) is 6.04 Å². The van der Waals surface area contributed by atoms with Crippen LogP contribution in [0.1, 0.15) is 31.1 Å². The molecule has 2 aromatic rings. The first-order valence-electron chi connectivity index (χ1n) is 8.52. The maximum absolute atomic E-state index is 4.94. The van der Waals surface area contributed by atoms with Gasteiger partial charge in [-0.3, -0.25) is 0 Å². The van der Waals surface area contributed by atoms with E-state index in [1.54, 1.807) is 0 Å². The van der Waals surface area contributed by atoms with Crippen LogP contribution < -0.4 is 5.32 Å². The van der Waals surface area contributed by atoms with E-state index in [4.69, 9.17) is 4.98 Å². The van der Waals surface area contributed by atoms with Crippen molar-refractivity contribution in [1.82, 2.24) is 24.8 Å². The first-order valence-corrected chi connectivity index (χ1v) is 8.52. The molecule has 0 amide bonds. The molecule has 5 nitrogen and oxygen atoms in total. The molecular formula is C17H25N5. The fraction of sp³-hybridized carbons (Fsp3) is 0.647. The molecule has 0 bridgehead atoms. The van der Waals surface area contributed by atoms with Crippen molar-refractivity contribution in [3.8, 4) is 0 Å². The minimum absolute atomic E-state index is 0.529. The molecule has 1 unspecified atom stereocenters. The van der Waals surface area contributed by atoms with Gasteiger partial charge in [-0.2, -0.15) is 0 Å². The van der Waals surface area contributed by atoms with E-state index >= 15 is 0 Å². The highest BCUT2D eigenvalue weighted by molar-refractivity contribution is 5.71. The number of pyridine rings is 1. The van der Waals surface area contributed by atoms with Gasteiger partial charge in [0.1, 0.15) is 11.3 Å². The fourth-order valence-corrected chi connectivity index (χ4v) is 3.97.